The van der Waals surface area contributed by atoms with Crippen molar-refractivity contribution in [2.45, 2.75) is 69.7 Å². The van der Waals surface area contributed by atoms with Crippen molar-refractivity contribution in [1.82, 2.24) is 4.90 Å². The molecule has 5 atom stereocenters. The number of hydrogen-bond donors (Lipinski definition) is 1. The Kier molecular flexibility index (Phi) is 3.25. The van der Waals surface area contributed by atoms with Crippen LogP contribution in [0.2, 0.25) is 0 Å². The van der Waals surface area contributed by atoms with Gasteiger partial charge >= 0.3 is 6.09 Å². The van der Waals surface area contributed by atoms with Crippen LogP contribution in [0.1, 0.15) is 33.6 Å². The predicted octanol–water partition coefficient (Wildman–Crippen LogP) is 1.81. The van der Waals surface area contributed by atoms with Crippen molar-refractivity contribution in [2.75, 3.05) is 0 Å². The van der Waals surface area contributed by atoms with Gasteiger partial charge < -0.3 is 9.84 Å². The maximum Gasteiger partial charge on any atom is 0.410 e. The minimum absolute atomic E-state index is 0.364. The third kappa shape index (κ3) is 2.18. The van der Waals surface area contributed by atoms with E-state index in [1.54, 1.807) is 20.8 Å². The first-order chi connectivity index (χ1) is 8.22. The largest absolute Gasteiger partial charge is 0.444 e. The van der Waals surface area contributed by atoms with Crippen LogP contribution in [-0.2, 0) is 4.74 Å². The second kappa shape index (κ2) is 4.33. The van der Waals surface area contributed by atoms with E-state index in [-0.39, 0.29) is 0 Å². The minimum Gasteiger partial charge on any atom is -0.444 e. The fourth-order valence-corrected chi connectivity index (χ4v) is 2.71. The van der Waals surface area contributed by atoms with Gasteiger partial charge in [0.15, 0.2) is 0 Å². The number of nitrogens with zero attached hydrogens (tertiary/aromatic N) is 1. The quantitative estimate of drug-likeness (QED) is 0.725. The molecule has 0 aliphatic carbocycles. The molecule has 2 aliphatic rings. The second-order valence-electron chi connectivity index (χ2n) is 5.98. The molecular weight excluding hydrogens is 244 g/mol. The Morgan fingerprint density at radius 2 is 1.67 bits per heavy atom. The highest BCUT2D eigenvalue weighted by Crippen LogP contribution is 2.39. The average Bonchev–Trinajstić information content (AvgIpc) is 2.63. The molecule has 2 heterocycles. The molecule has 2 bridgehead atoms. The number of rotatable bonds is 0. The predicted molar refractivity (Wildman–Crippen MR) is 60.7 cm³/mol. The van der Waals surface area contributed by atoms with E-state index in [2.05, 4.69) is 0 Å². The zero-order valence-electron chi connectivity index (χ0n) is 10.8. The van der Waals surface area contributed by atoms with Crippen LogP contribution in [0, 0.1) is 0 Å². The number of carbonyl (C=O) groups excluding carboxylic acids is 1. The molecule has 18 heavy (non-hydrogen) atoms. The summed E-state index contributed by atoms with van der Waals surface area (Å²) in [4.78, 5) is 13.1. The maximum atomic E-state index is 13.8. The van der Waals surface area contributed by atoms with Crippen molar-refractivity contribution in [2.24, 2.45) is 0 Å². The van der Waals surface area contributed by atoms with Crippen LogP contribution in [0.25, 0.3) is 0 Å². The van der Waals surface area contributed by atoms with Gasteiger partial charge in [0.1, 0.15) is 24.0 Å². The molecule has 1 amide bonds. The lowest BCUT2D eigenvalue weighted by Gasteiger charge is -2.41. The first-order valence-corrected chi connectivity index (χ1v) is 6.20. The van der Waals surface area contributed by atoms with E-state index < -0.39 is 42.2 Å². The summed E-state index contributed by atoms with van der Waals surface area (Å²) in [5, 5.41) is 9.43. The average molecular weight is 263 g/mol. The molecule has 2 saturated heterocycles. The van der Waals surface area contributed by atoms with Crippen LogP contribution >= 0.6 is 0 Å². The van der Waals surface area contributed by atoms with Gasteiger partial charge in [-0.3, -0.25) is 4.90 Å². The fourth-order valence-electron chi connectivity index (χ4n) is 2.71. The molecule has 0 aromatic heterocycles. The molecule has 2 aliphatic heterocycles. The lowest BCUT2D eigenvalue weighted by molar-refractivity contribution is -0.0889. The van der Waals surface area contributed by atoms with E-state index in [0.29, 0.717) is 12.8 Å². The van der Waals surface area contributed by atoms with E-state index >= 15 is 0 Å². The van der Waals surface area contributed by atoms with Crippen molar-refractivity contribution in [3.63, 3.8) is 0 Å². The Labute approximate surface area is 105 Å². The molecule has 6 heteroatoms. The summed E-state index contributed by atoms with van der Waals surface area (Å²) in [6.07, 6.45) is -5.10. The number of piperidine rings is 1. The maximum absolute atomic E-state index is 13.8. The molecule has 4 nitrogen and oxygen atoms in total. The third-order valence-electron chi connectivity index (χ3n) is 3.46. The van der Waals surface area contributed by atoms with Gasteiger partial charge in [-0.15, -0.1) is 0 Å². The molecule has 0 spiro atoms. The smallest absolute Gasteiger partial charge is 0.410 e. The van der Waals surface area contributed by atoms with Gasteiger partial charge in [0.25, 0.3) is 0 Å². The fraction of sp³-hybridized carbons (Fsp3) is 0.917. The lowest BCUT2D eigenvalue weighted by Crippen LogP contribution is -2.61. The summed E-state index contributed by atoms with van der Waals surface area (Å²) in [5.41, 5.74) is -0.704. The number of halogens is 2. The number of aliphatic hydroxyl groups excluding tert-OH is 1. The normalized spacial score (nSPS) is 39.9. The molecule has 2 rings (SSSR count). The molecule has 1 unspecified atom stereocenters. The number of hydrogen-bond acceptors (Lipinski definition) is 3. The van der Waals surface area contributed by atoms with Crippen LogP contribution in [0.15, 0.2) is 0 Å². The van der Waals surface area contributed by atoms with Crippen molar-refractivity contribution in [3.8, 4) is 0 Å². The van der Waals surface area contributed by atoms with Crippen molar-refractivity contribution in [1.29, 1.82) is 0 Å². The van der Waals surface area contributed by atoms with Crippen molar-refractivity contribution in [3.05, 3.63) is 0 Å². The summed E-state index contributed by atoms with van der Waals surface area (Å²) in [6, 6.07) is -1.54. The van der Waals surface area contributed by atoms with Crippen LogP contribution in [-0.4, -0.2) is 52.2 Å². The minimum atomic E-state index is -1.74. The number of aliphatic hydroxyl groups is 1. The highest BCUT2D eigenvalue weighted by atomic mass is 19.1. The lowest BCUT2D eigenvalue weighted by atomic mass is 9.96. The monoisotopic (exact) mass is 263 g/mol. The number of alkyl halides is 2. The van der Waals surface area contributed by atoms with Gasteiger partial charge in [0.2, 0.25) is 0 Å². The van der Waals surface area contributed by atoms with Gasteiger partial charge in [0.05, 0.1) is 12.1 Å². The van der Waals surface area contributed by atoms with E-state index in [1.807, 2.05) is 0 Å². The number of ether oxygens (including phenoxy) is 1. The number of amides is 1. The molecule has 0 radical (unpaired) electrons. The Morgan fingerprint density at radius 3 is 2.06 bits per heavy atom. The standard InChI is InChI=1S/C12H19F2NO3/c1-12(2,3)18-11(17)15-6-4-5-7(15)9(14)10(16)8(6)13/h6-10,16H,4-5H2,1-3H3/t6-,7+,8-,9+,10?. The van der Waals surface area contributed by atoms with Crippen LogP contribution in [0.5, 0.6) is 0 Å². The highest BCUT2D eigenvalue weighted by molar-refractivity contribution is 5.70. The Balaban J connectivity index is 2.17. The molecular formula is C12H19F2NO3. The third-order valence-corrected chi connectivity index (χ3v) is 3.46. The van der Waals surface area contributed by atoms with Gasteiger partial charge in [-0.2, -0.15) is 0 Å². The summed E-state index contributed by atoms with van der Waals surface area (Å²) in [6.45, 7) is 5.10. The van der Waals surface area contributed by atoms with E-state index in [9.17, 15) is 18.7 Å². The van der Waals surface area contributed by atoms with Crippen LogP contribution < -0.4 is 0 Å². The van der Waals surface area contributed by atoms with Gasteiger partial charge in [-0.05, 0) is 33.6 Å². The molecule has 0 aromatic carbocycles. The van der Waals surface area contributed by atoms with Crippen LogP contribution in [0.4, 0.5) is 13.6 Å². The van der Waals surface area contributed by atoms with E-state index in [1.165, 1.54) is 0 Å². The van der Waals surface area contributed by atoms with Crippen molar-refractivity contribution < 1.29 is 23.4 Å². The van der Waals surface area contributed by atoms with Gasteiger partial charge in [-0.1, -0.05) is 0 Å². The number of fused-ring (bicyclic) bond motifs is 2. The number of carbonyl (C=O) groups is 1. The van der Waals surface area contributed by atoms with Crippen LogP contribution in [0.3, 0.4) is 0 Å². The molecule has 104 valence electrons. The summed E-state index contributed by atoms with van der Waals surface area (Å²) >= 11 is 0. The zero-order chi connectivity index (χ0) is 13.7. The van der Waals surface area contributed by atoms with Gasteiger partial charge in [-0.25, -0.2) is 13.6 Å². The zero-order valence-corrected chi connectivity index (χ0v) is 10.8. The summed E-state index contributed by atoms with van der Waals surface area (Å²) in [7, 11) is 0. The van der Waals surface area contributed by atoms with Gasteiger partial charge in [0, 0.05) is 0 Å². The molecule has 2 fully saturated rings. The molecule has 0 saturated carbocycles. The molecule has 0 aromatic rings. The summed E-state index contributed by atoms with van der Waals surface area (Å²) in [5.74, 6) is 0. The molecule has 1 N–H and O–H groups in total. The topological polar surface area (TPSA) is 49.8 Å². The Morgan fingerprint density at radius 1 is 1.22 bits per heavy atom. The second-order valence-corrected chi connectivity index (χ2v) is 5.98. The Bertz CT molecular complexity index is 327. The Hall–Kier alpha value is -0.910. The highest BCUT2D eigenvalue weighted by Gasteiger charge is 2.56. The summed E-state index contributed by atoms with van der Waals surface area (Å²) < 4.78 is 32.8. The first kappa shape index (κ1) is 13.5. The van der Waals surface area contributed by atoms with E-state index in [0.717, 1.165) is 4.90 Å². The SMILES string of the molecule is CC(C)(C)OC(=O)N1[C@@H]2CC[C@H]1[C@H](F)C(O)[C@@H]2F. The first-order valence-electron chi connectivity index (χ1n) is 6.20. The van der Waals surface area contributed by atoms with E-state index in [4.69, 9.17) is 4.74 Å². The van der Waals surface area contributed by atoms with Crippen molar-refractivity contribution >= 4 is 6.09 Å².